The van der Waals surface area contributed by atoms with Gasteiger partial charge in [0.1, 0.15) is 35.4 Å². The van der Waals surface area contributed by atoms with E-state index in [9.17, 15) is 0 Å². The Bertz CT molecular complexity index is 805. The molecule has 0 N–H and O–H groups in total. The Kier molecular flexibility index (Phi) is 4.32. The number of nitrogens with zero attached hydrogens (tertiary/aromatic N) is 4. The van der Waals surface area contributed by atoms with Crippen LogP contribution in [-0.2, 0) is 0 Å². The van der Waals surface area contributed by atoms with E-state index in [0.717, 1.165) is 0 Å². The Morgan fingerprint density at radius 1 is 0.783 bits per heavy atom. The van der Waals surface area contributed by atoms with Crippen LogP contribution in [0.15, 0.2) is 23.3 Å². The van der Waals surface area contributed by atoms with Gasteiger partial charge in [0.25, 0.3) is 0 Å². The summed E-state index contributed by atoms with van der Waals surface area (Å²) in [5.41, 5.74) is 2.04. The van der Waals surface area contributed by atoms with E-state index in [1.54, 1.807) is 12.1 Å². The molecule has 1 aliphatic rings. The maximum atomic E-state index is 9.15. The minimum atomic E-state index is -0.0521. The second kappa shape index (κ2) is 6.35. The van der Waals surface area contributed by atoms with Gasteiger partial charge in [-0.15, -0.1) is 0 Å². The van der Waals surface area contributed by atoms with Crippen LogP contribution in [0, 0.1) is 45.3 Å². The van der Waals surface area contributed by atoms with Crippen molar-refractivity contribution in [1.82, 2.24) is 0 Å². The van der Waals surface area contributed by atoms with Gasteiger partial charge in [-0.2, -0.15) is 21.0 Å². The summed E-state index contributed by atoms with van der Waals surface area (Å²) in [6.45, 7) is 0. The minimum Gasteiger partial charge on any atom is -0.493 e. The lowest BCUT2D eigenvalue weighted by Gasteiger charge is -2.11. The second-order valence-electron chi connectivity index (χ2n) is 4.58. The van der Waals surface area contributed by atoms with Crippen molar-refractivity contribution >= 4 is 11.1 Å². The lowest BCUT2D eigenvalue weighted by atomic mass is 10.0. The van der Waals surface area contributed by atoms with E-state index < -0.39 is 0 Å². The highest BCUT2D eigenvalue weighted by Crippen LogP contribution is 2.47. The van der Waals surface area contributed by atoms with Crippen molar-refractivity contribution in [2.75, 3.05) is 14.2 Å². The molecule has 0 aromatic heterocycles. The standard InChI is InChI=1S/C17H10N4O2/c1-22-16-4-14-12(10(6-18)7-19)3-13(11(8-20)9-21)15(14)5-17(16)23-2/h4-5H,3H2,1-2H3. The second-order valence-corrected chi connectivity index (χ2v) is 4.58. The summed E-state index contributed by atoms with van der Waals surface area (Å²) in [6.07, 6.45) is 0.165. The molecule has 2 rings (SSSR count). The summed E-state index contributed by atoms with van der Waals surface area (Å²) in [4.78, 5) is 0. The van der Waals surface area contributed by atoms with Crippen molar-refractivity contribution < 1.29 is 9.47 Å². The van der Waals surface area contributed by atoms with Gasteiger partial charge in [-0.3, -0.25) is 0 Å². The Morgan fingerprint density at radius 2 is 1.13 bits per heavy atom. The zero-order chi connectivity index (χ0) is 17.0. The lowest BCUT2D eigenvalue weighted by Crippen LogP contribution is -1.94. The summed E-state index contributed by atoms with van der Waals surface area (Å²) in [5.74, 6) is 0.881. The average molecular weight is 302 g/mol. The third-order valence-corrected chi connectivity index (χ3v) is 3.58. The third-order valence-electron chi connectivity index (χ3n) is 3.58. The molecule has 0 radical (unpaired) electrons. The number of ether oxygens (including phenoxy) is 2. The molecule has 0 unspecified atom stereocenters. The van der Waals surface area contributed by atoms with Crippen molar-refractivity contribution in [3.05, 3.63) is 34.4 Å². The highest BCUT2D eigenvalue weighted by Gasteiger charge is 2.29. The molecule has 1 aromatic carbocycles. The third kappa shape index (κ3) is 2.46. The van der Waals surface area contributed by atoms with Crippen LogP contribution < -0.4 is 9.47 Å². The van der Waals surface area contributed by atoms with E-state index in [1.807, 2.05) is 24.3 Å². The number of hydrogen-bond acceptors (Lipinski definition) is 6. The van der Waals surface area contributed by atoms with Crippen LogP contribution in [-0.4, -0.2) is 14.2 Å². The molecule has 0 aliphatic heterocycles. The Morgan fingerprint density at radius 3 is 1.39 bits per heavy atom. The van der Waals surface area contributed by atoms with E-state index in [-0.39, 0.29) is 17.6 Å². The number of fused-ring (bicyclic) bond motifs is 1. The molecule has 0 bridgehead atoms. The predicted molar refractivity (Wildman–Crippen MR) is 80.5 cm³/mol. The zero-order valence-electron chi connectivity index (χ0n) is 12.5. The molecule has 6 nitrogen and oxygen atoms in total. The van der Waals surface area contributed by atoms with Crippen molar-refractivity contribution in [2.24, 2.45) is 0 Å². The van der Waals surface area contributed by atoms with Crippen molar-refractivity contribution in [3.63, 3.8) is 0 Å². The molecule has 0 saturated heterocycles. The molecule has 0 amide bonds. The molecule has 0 fully saturated rings. The van der Waals surface area contributed by atoms with Crippen molar-refractivity contribution in [2.45, 2.75) is 6.42 Å². The normalized spacial score (nSPS) is 11.4. The number of methoxy groups -OCH3 is 2. The fraction of sp³-hybridized carbons (Fsp3) is 0.176. The first-order valence-corrected chi connectivity index (χ1v) is 6.48. The molecule has 0 heterocycles. The van der Waals surface area contributed by atoms with Gasteiger partial charge in [-0.1, -0.05) is 0 Å². The van der Waals surface area contributed by atoms with Gasteiger partial charge in [-0.25, -0.2) is 0 Å². The Balaban J connectivity index is 2.91. The first-order chi connectivity index (χ1) is 11.1. The summed E-state index contributed by atoms with van der Waals surface area (Å²) >= 11 is 0. The van der Waals surface area contributed by atoms with Crippen LogP contribution in [0.1, 0.15) is 17.5 Å². The van der Waals surface area contributed by atoms with Gasteiger partial charge in [0, 0.05) is 6.42 Å². The molecule has 1 aliphatic carbocycles. The SMILES string of the molecule is COc1cc2c(cc1OC)C(=C(C#N)C#N)CC2=C(C#N)C#N. The molecule has 110 valence electrons. The Labute approximate surface area is 133 Å². The van der Waals surface area contributed by atoms with E-state index in [0.29, 0.717) is 33.8 Å². The highest BCUT2D eigenvalue weighted by molar-refractivity contribution is 5.99. The molecule has 6 heteroatoms. The van der Waals surface area contributed by atoms with Crippen LogP contribution in [0.4, 0.5) is 0 Å². The van der Waals surface area contributed by atoms with E-state index in [2.05, 4.69) is 0 Å². The van der Waals surface area contributed by atoms with Gasteiger partial charge >= 0.3 is 0 Å². The van der Waals surface area contributed by atoms with Gasteiger partial charge in [0.2, 0.25) is 0 Å². The van der Waals surface area contributed by atoms with Crippen LogP contribution in [0.5, 0.6) is 11.5 Å². The fourth-order valence-electron chi connectivity index (χ4n) is 2.51. The van der Waals surface area contributed by atoms with Gasteiger partial charge in [-0.05, 0) is 34.4 Å². The maximum Gasteiger partial charge on any atom is 0.161 e. The first kappa shape index (κ1) is 15.6. The molecular weight excluding hydrogens is 292 g/mol. The number of allylic oxidation sites excluding steroid dienone is 4. The largest absolute Gasteiger partial charge is 0.493 e. The number of benzene rings is 1. The molecule has 0 atom stereocenters. The monoisotopic (exact) mass is 302 g/mol. The number of hydrogen-bond donors (Lipinski definition) is 0. The molecule has 0 saturated carbocycles. The molecule has 1 aromatic rings. The van der Waals surface area contributed by atoms with E-state index in [4.69, 9.17) is 30.5 Å². The quantitative estimate of drug-likeness (QED) is 0.776. The summed E-state index contributed by atoms with van der Waals surface area (Å²) in [7, 11) is 2.95. The number of rotatable bonds is 2. The number of nitriles is 4. The minimum absolute atomic E-state index is 0.0521. The smallest absolute Gasteiger partial charge is 0.161 e. The summed E-state index contributed by atoms with van der Waals surface area (Å²) in [6, 6.07) is 10.7. The summed E-state index contributed by atoms with van der Waals surface area (Å²) < 4.78 is 10.5. The zero-order valence-corrected chi connectivity index (χ0v) is 12.5. The Hall–Kier alpha value is -3.74. The average Bonchev–Trinajstić information content (AvgIpc) is 2.94. The van der Waals surface area contributed by atoms with Gasteiger partial charge in [0.05, 0.1) is 14.2 Å². The molecule has 23 heavy (non-hydrogen) atoms. The predicted octanol–water partition coefficient (Wildman–Crippen LogP) is 2.71. The van der Waals surface area contributed by atoms with Crippen LogP contribution in [0.25, 0.3) is 11.1 Å². The first-order valence-electron chi connectivity index (χ1n) is 6.48. The van der Waals surface area contributed by atoms with E-state index >= 15 is 0 Å². The van der Waals surface area contributed by atoms with Crippen LogP contribution in [0.2, 0.25) is 0 Å². The van der Waals surface area contributed by atoms with Gasteiger partial charge in [0.15, 0.2) is 11.5 Å². The molecular formula is C17H10N4O2. The molecule has 0 spiro atoms. The highest BCUT2D eigenvalue weighted by atomic mass is 16.5. The van der Waals surface area contributed by atoms with Crippen molar-refractivity contribution in [3.8, 4) is 35.8 Å². The van der Waals surface area contributed by atoms with Crippen LogP contribution >= 0.6 is 0 Å². The van der Waals surface area contributed by atoms with Gasteiger partial charge < -0.3 is 9.47 Å². The summed E-state index contributed by atoms with van der Waals surface area (Å²) in [5, 5.41) is 36.6. The topological polar surface area (TPSA) is 114 Å². The fourth-order valence-corrected chi connectivity index (χ4v) is 2.51. The lowest BCUT2D eigenvalue weighted by molar-refractivity contribution is 0.355. The van der Waals surface area contributed by atoms with Crippen molar-refractivity contribution in [1.29, 1.82) is 21.0 Å². The maximum absolute atomic E-state index is 9.15. The van der Waals surface area contributed by atoms with Crippen LogP contribution in [0.3, 0.4) is 0 Å². The van der Waals surface area contributed by atoms with E-state index in [1.165, 1.54) is 14.2 Å².